The Hall–Kier alpha value is -3.29. The van der Waals surface area contributed by atoms with Crippen LogP contribution in [0.1, 0.15) is 21.9 Å². The average Bonchev–Trinajstić information content (AvgIpc) is 3.10. The molecule has 0 unspecified atom stereocenters. The molecule has 1 heterocycles. The molecule has 0 saturated heterocycles. The zero-order valence-electron chi connectivity index (χ0n) is 13.7. The predicted octanol–water partition coefficient (Wildman–Crippen LogP) is 5.27. The standard InChI is InChI=1S/C19H13F4NO3/c20-12-5-7-13(8-6-12)26-11-14-9-10-17(27-14)18(25)24-16-4-2-1-3-15(16)19(21,22)23/h1-10H,11H2,(H,24,25). The lowest BCUT2D eigenvalue weighted by Crippen LogP contribution is -2.16. The fourth-order valence-corrected chi connectivity index (χ4v) is 2.29. The summed E-state index contributed by atoms with van der Waals surface area (Å²) in [4.78, 5) is 12.2. The lowest BCUT2D eigenvalue weighted by atomic mass is 10.1. The second-order valence-electron chi connectivity index (χ2n) is 5.51. The first-order valence-corrected chi connectivity index (χ1v) is 7.77. The Morgan fingerprint density at radius 3 is 2.41 bits per heavy atom. The van der Waals surface area contributed by atoms with Crippen LogP contribution < -0.4 is 10.1 Å². The molecule has 4 nitrogen and oxygen atoms in total. The summed E-state index contributed by atoms with van der Waals surface area (Å²) < 4.78 is 62.4. The van der Waals surface area contributed by atoms with Crippen LogP contribution in [0.4, 0.5) is 23.2 Å². The molecule has 0 bridgehead atoms. The van der Waals surface area contributed by atoms with Gasteiger partial charge in [0.05, 0.1) is 11.3 Å². The molecule has 0 atom stereocenters. The normalized spacial score (nSPS) is 11.3. The van der Waals surface area contributed by atoms with Gasteiger partial charge in [0.15, 0.2) is 5.76 Å². The van der Waals surface area contributed by atoms with E-state index in [1.165, 1.54) is 48.5 Å². The minimum Gasteiger partial charge on any atom is -0.486 e. The van der Waals surface area contributed by atoms with Crippen molar-refractivity contribution in [2.45, 2.75) is 12.8 Å². The molecule has 0 saturated carbocycles. The summed E-state index contributed by atoms with van der Waals surface area (Å²) in [6.45, 7) is -0.0297. The third-order valence-electron chi connectivity index (χ3n) is 3.56. The monoisotopic (exact) mass is 379 g/mol. The molecule has 1 amide bonds. The number of amides is 1. The highest BCUT2D eigenvalue weighted by molar-refractivity contribution is 6.02. The van der Waals surface area contributed by atoms with Crippen LogP contribution in [0.5, 0.6) is 5.75 Å². The first-order chi connectivity index (χ1) is 12.8. The number of nitrogens with one attached hydrogen (secondary N) is 1. The van der Waals surface area contributed by atoms with E-state index in [4.69, 9.17) is 9.15 Å². The number of alkyl halides is 3. The van der Waals surface area contributed by atoms with Gasteiger partial charge in [0.1, 0.15) is 23.9 Å². The van der Waals surface area contributed by atoms with Gasteiger partial charge >= 0.3 is 6.18 Å². The molecule has 0 spiro atoms. The first kappa shape index (κ1) is 18.5. The summed E-state index contributed by atoms with van der Waals surface area (Å²) in [7, 11) is 0. The van der Waals surface area contributed by atoms with Crippen LogP contribution in [0, 0.1) is 5.82 Å². The number of halogens is 4. The summed E-state index contributed by atoms with van der Waals surface area (Å²) in [5.74, 6) is -0.700. The molecule has 0 fully saturated rings. The Kier molecular flexibility index (Phi) is 5.16. The van der Waals surface area contributed by atoms with Crippen molar-refractivity contribution in [2.24, 2.45) is 0 Å². The molecular weight excluding hydrogens is 366 g/mol. The van der Waals surface area contributed by atoms with Crippen LogP contribution in [0.2, 0.25) is 0 Å². The van der Waals surface area contributed by atoms with E-state index in [-0.39, 0.29) is 23.8 Å². The van der Waals surface area contributed by atoms with Crippen LogP contribution in [0.25, 0.3) is 0 Å². The van der Waals surface area contributed by atoms with Gasteiger partial charge in [0.2, 0.25) is 0 Å². The molecule has 0 aliphatic carbocycles. The van der Waals surface area contributed by atoms with Gasteiger partial charge < -0.3 is 14.5 Å². The highest BCUT2D eigenvalue weighted by Gasteiger charge is 2.33. The maximum Gasteiger partial charge on any atom is 0.418 e. The number of carbonyl (C=O) groups is 1. The quantitative estimate of drug-likeness (QED) is 0.615. The van der Waals surface area contributed by atoms with E-state index in [1.54, 1.807) is 0 Å². The van der Waals surface area contributed by atoms with Gasteiger partial charge in [-0.3, -0.25) is 4.79 Å². The van der Waals surface area contributed by atoms with Crippen molar-refractivity contribution in [3.63, 3.8) is 0 Å². The van der Waals surface area contributed by atoms with E-state index in [9.17, 15) is 22.4 Å². The molecule has 3 aromatic rings. The molecule has 2 aromatic carbocycles. The van der Waals surface area contributed by atoms with Crippen LogP contribution in [0.3, 0.4) is 0 Å². The zero-order chi connectivity index (χ0) is 19.4. The topological polar surface area (TPSA) is 51.5 Å². The van der Waals surface area contributed by atoms with Crippen LogP contribution in [-0.4, -0.2) is 5.91 Å². The van der Waals surface area contributed by atoms with Crippen molar-refractivity contribution in [3.8, 4) is 5.75 Å². The highest BCUT2D eigenvalue weighted by atomic mass is 19.4. The largest absolute Gasteiger partial charge is 0.486 e. The number of para-hydroxylation sites is 1. The fourth-order valence-electron chi connectivity index (χ4n) is 2.29. The minimum absolute atomic E-state index is 0.0297. The number of hydrogen-bond donors (Lipinski definition) is 1. The van der Waals surface area contributed by atoms with Crippen LogP contribution in [-0.2, 0) is 12.8 Å². The van der Waals surface area contributed by atoms with Crippen molar-refractivity contribution < 1.29 is 31.5 Å². The van der Waals surface area contributed by atoms with Crippen LogP contribution >= 0.6 is 0 Å². The average molecular weight is 379 g/mol. The van der Waals surface area contributed by atoms with Gasteiger partial charge in [-0.05, 0) is 48.5 Å². The number of rotatable bonds is 5. The Balaban J connectivity index is 1.66. The van der Waals surface area contributed by atoms with Gasteiger partial charge in [-0.1, -0.05) is 12.1 Å². The van der Waals surface area contributed by atoms with E-state index in [1.807, 2.05) is 0 Å². The lowest BCUT2D eigenvalue weighted by Gasteiger charge is -2.12. The third-order valence-corrected chi connectivity index (χ3v) is 3.56. The van der Waals surface area contributed by atoms with Crippen molar-refractivity contribution in [1.82, 2.24) is 0 Å². The molecule has 1 N–H and O–H groups in total. The SMILES string of the molecule is O=C(Nc1ccccc1C(F)(F)F)c1ccc(COc2ccc(F)cc2)o1. The Morgan fingerprint density at radius 2 is 1.70 bits per heavy atom. The molecule has 1 aromatic heterocycles. The highest BCUT2D eigenvalue weighted by Crippen LogP contribution is 2.34. The number of furan rings is 1. The van der Waals surface area contributed by atoms with Gasteiger partial charge in [-0.2, -0.15) is 13.2 Å². The second-order valence-corrected chi connectivity index (χ2v) is 5.51. The van der Waals surface area contributed by atoms with Crippen molar-refractivity contribution >= 4 is 11.6 Å². The Bertz CT molecular complexity index is 933. The Labute approximate surface area is 151 Å². The molecule has 3 rings (SSSR count). The lowest BCUT2D eigenvalue weighted by molar-refractivity contribution is -0.136. The zero-order valence-corrected chi connectivity index (χ0v) is 13.7. The second kappa shape index (κ2) is 7.53. The van der Waals surface area contributed by atoms with E-state index in [0.717, 1.165) is 12.1 Å². The van der Waals surface area contributed by atoms with E-state index >= 15 is 0 Å². The molecular formula is C19H13F4NO3. The van der Waals surface area contributed by atoms with Gasteiger partial charge in [-0.15, -0.1) is 0 Å². The van der Waals surface area contributed by atoms with Gasteiger partial charge in [0, 0.05) is 0 Å². The number of benzene rings is 2. The minimum atomic E-state index is -4.60. The van der Waals surface area contributed by atoms with Gasteiger partial charge in [-0.25, -0.2) is 4.39 Å². The smallest absolute Gasteiger partial charge is 0.418 e. The summed E-state index contributed by atoms with van der Waals surface area (Å²) in [6, 6.07) is 12.8. The van der Waals surface area contributed by atoms with E-state index in [0.29, 0.717) is 5.75 Å². The molecule has 27 heavy (non-hydrogen) atoms. The molecule has 0 radical (unpaired) electrons. The maximum atomic E-state index is 13.0. The Morgan fingerprint density at radius 1 is 1.00 bits per heavy atom. The van der Waals surface area contributed by atoms with Crippen molar-refractivity contribution in [3.05, 3.63) is 83.6 Å². The molecule has 8 heteroatoms. The number of carbonyl (C=O) groups excluding carboxylic acids is 1. The van der Waals surface area contributed by atoms with E-state index in [2.05, 4.69) is 5.32 Å². The summed E-state index contributed by atoms with van der Waals surface area (Å²) >= 11 is 0. The summed E-state index contributed by atoms with van der Waals surface area (Å²) in [5.41, 5.74) is -1.32. The van der Waals surface area contributed by atoms with Crippen LogP contribution in [0.15, 0.2) is 65.1 Å². The summed E-state index contributed by atoms with van der Waals surface area (Å²) in [5, 5.41) is 2.19. The number of ether oxygens (including phenoxy) is 1. The number of anilines is 1. The maximum absolute atomic E-state index is 13.0. The van der Waals surface area contributed by atoms with Crippen molar-refractivity contribution in [1.29, 1.82) is 0 Å². The summed E-state index contributed by atoms with van der Waals surface area (Å²) in [6.07, 6.45) is -4.60. The molecule has 0 aliphatic heterocycles. The molecule has 0 aliphatic rings. The van der Waals surface area contributed by atoms with E-state index < -0.39 is 23.5 Å². The fraction of sp³-hybridized carbons (Fsp3) is 0.105. The third kappa shape index (κ3) is 4.66. The van der Waals surface area contributed by atoms with Gasteiger partial charge in [0.25, 0.3) is 5.91 Å². The first-order valence-electron chi connectivity index (χ1n) is 7.77. The predicted molar refractivity (Wildman–Crippen MR) is 88.8 cm³/mol. The molecule has 140 valence electrons. The number of hydrogen-bond acceptors (Lipinski definition) is 3. The van der Waals surface area contributed by atoms with Crippen molar-refractivity contribution in [2.75, 3.05) is 5.32 Å².